The van der Waals surface area contributed by atoms with Crippen LogP contribution in [0, 0.1) is 5.82 Å². The van der Waals surface area contributed by atoms with E-state index in [1.165, 1.54) is 12.1 Å². The number of rotatable bonds is 4. The molecule has 1 fully saturated rings. The van der Waals surface area contributed by atoms with Gasteiger partial charge in [-0.05, 0) is 51.3 Å². The number of hydrogen-bond donors (Lipinski definition) is 1. The topological polar surface area (TPSA) is 58.2 Å². The van der Waals surface area contributed by atoms with Gasteiger partial charge in [-0.3, -0.25) is 4.79 Å². The van der Waals surface area contributed by atoms with Crippen LogP contribution in [0.5, 0.6) is 5.88 Å². The van der Waals surface area contributed by atoms with Crippen molar-refractivity contribution in [1.29, 1.82) is 0 Å². The van der Waals surface area contributed by atoms with E-state index in [1.807, 2.05) is 6.07 Å². The zero-order chi connectivity index (χ0) is 18.8. The Balaban J connectivity index is 1.40. The molecule has 1 saturated heterocycles. The highest BCUT2D eigenvalue weighted by atomic mass is 79.9. The minimum atomic E-state index is -0.283. The smallest absolute Gasteiger partial charge is 0.270 e. The summed E-state index contributed by atoms with van der Waals surface area (Å²) in [5.74, 6) is 0.197. The average Bonchev–Trinajstić information content (AvgIpc) is 3.34. The number of nitrogens with zero attached hydrogens (tertiary/aromatic N) is 2. The molecular formula is C20H17BrFN3O2. The van der Waals surface area contributed by atoms with E-state index in [0.29, 0.717) is 24.7 Å². The highest BCUT2D eigenvalue weighted by Crippen LogP contribution is 2.23. The summed E-state index contributed by atoms with van der Waals surface area (Å²) in [5, 5.41) is 0. The molecule has 27 heavy (non-hydrogen) atoms. The van der Waals surface area contributed by atoms with Crippen LogP contribution in [-0.2, 0) is 0 Å². The zero-order valence-electron chi connectivity index (χ0n) is 14.4. The zero-order valence-corrected chi connectivity index (χ0v) is 15.9. The van der Waals surface area contributed by atoms with Crippen molar-refractivity contribution in [2.75, 3.05) is 13.1 Å². The Morgan fingerprint density at radius 2 is 2.04 bits per heavy atom. The van der Waals surface area contributed by atoms with Crippen molar-refractivity contribution >= 4 is 21.8 Å². The summed E-state index contributed by atoms with van der Waals surface area (Å²) in [5.41, 5.74) is 2.22. The van der Waals surface area contributed by atoms with E-state index in [1.54, 1.807) is 41.6 Å². The first-order valence-corrected chi connectivity index (χ1v) is 9.39. The third-order valence-corrected chi connectivity index (χ3v) is 4.98. The summed E-state index contributed by atoms with van der Waals surface area (Å²) in [6.07, 6.45) is 4.13. The number of hydrogen-bond acceptors (Lipinski definition) is 3. The summed E-state index contributed by atoms with van der Waals surface area (Å²) in [6, 6.07) is 11.7. The van der Waals surface area contributed by atoms with Crippen molar-refractivity contribution in [2.45, 2.75) is 12.5 Å². The molecule has 1 atom stereocenters. The second-order valence-corrected chi connectivity index (χ2v) is 7.32. The highest BCUT2D eigenvalue weighted by Gasteiger charge is 2.29. The summed E-state index contributed by atoms with van der Waals surface area (Å²) in [6.45, 7) is 1.15. The molecule has 0 aliphatic carbocycles. The maximum absolute atomic E-state index is 13.1. The fourth-order valence-corrected chi connectivity index (χ4v) is 3.34. The van der Waals surface area contributed by atoms with Gasteiger partial charge in [0.25, 0.3) is 5.91 Å². The first kappa shape index (κ1) is 17.7. The fourth-order valence-electron chi connectivity index (χ4n) is 3.11. The van der Waals surface area contributed by atoms with Gasteiger partial charge in [0.05, 0.1) is 6.54 Å². The summed E-state index contributed by atoms with van der Waals surface area (Å²) in [4.78, 5) is 21.7. The molecule has 3 heterocycles. The van der Waals surface area contributed by atoms with Gasteiger partial charge in [-0.25, -0.2) is 9.37 Å². The maximum atomic E-state index is 13.1. The van der Waals surface area contributed by atoms with Crippen LogP contribution in [0.1, 0.15) is 16.9 Å². The number of benzene rings is 1. The highest BCUT2D eigenvalue weighted by molar-refractivity contribution is 9.10. The first-order valence-electron chi connectivity index (χ1n) is 8.60. The molecule has 1 aliphatic heterocycles. The standard InChI is InChI=1S/C20H17BrFN3O2/c21-15-3-6-19(24-11-15)27-17-7-8-25(12-17)20(26)18-9-14(10-23-18)13-1-4-16(22)5-2-13/h1-6,9-11,17,23H,7-8,12H2. The van der Waals surface area contributed by atoms with E-state index in [9.17, 15) is 9.18 Å². The van der Waals surface area contributed by atoms with Gasteiger partial charge in [-0.2, -0.15) is 0 Å². The largest absolute Gasteiger partial charge is 0.472 e. The van der Waals surface area contributed by atoms with Crippen molar-refractivity contribution in [3.8, 4) is 17.0 Å². The van der Waals surface area contributed by atoms with Crippen molar-refractivity contribution in [3.63, 3.8) is 0 Å². The Morgan fingerprint density at radius 3 is 2.78 bits per heavy atom. The van der Waals surface area contributed by atoms with Gasteiger partial charge in [0.15, 0.2) is 0 Å². The van der Waals surface area contributed by atoms with Gasteiger partial charge in [0.1, 0.15) is 17.6 Å². The molecular weight excluding hydrogens is 413 g/mol. The molecule has 2 aromatic heterocycles. The molecule has 3 aromatic rings. The number of nitrogens with one attached hydrogen (secondary N) is 1. The molecule has 4 rings (SSSR count). The molecule has 1 unspecified atom stereocenters. The molecule has 1 aromatic carbocycles. The van der Waals surface area contributed by atoms with Gasteiger partial charge in [-0.1, -0.05) is 12.1 Å². The molecule has 5 nitrogen and oxygen atoms in total. The number of pyridine rings is 1. The number of carbonyl (C=O) groups is 1. The van der Waals surface area contributed by atoms with Crippen molar-refractivity contribution in [1.82, 2.24) is 14.9 Å². The van der Waals surface area contributed by atoms with Crippen LogP contribution < -0.4 is 4.74 Å². The predicted molar refractivity (Wildman–Crippen MR) is 103 cm³/mol. The molecule has 0 radical (unpaired) electrons. The van der Waals surface area contributed by atoms with Crippen LogP contribution in [0.15, 0.2) is 59.3 Å². The van der Waals surface area contributed by atoms with Gasteiger partial charge >= 0.3 is 0 Å². The van der Waals surface area contributed by atoms with Gasteiger partial charge in [0.2, 0.25) is 5.88 Å². The van der Waals surface area contributed by atoms with E-state index >= 15 is 0 Å². The Kier molecular flexibility index (Phi) is 4.94. The minimum Gasteiger partial charge on any atom is -0.472 e. The Morgan fingerprint density at radius 1 is 1.22 bits per heavy atom. The monoisotopic (exact) mass is 429 g/mol. The SMILES string of the molecule is O=C(c1cc(-c2ccc(F)cc2)c[nH]1)N1CCC(Oc2ccc(Br)cn2)C1. The number of carbonyl (C=O) groups excluding carboxylic acids is 1. The second kappa shape index (κ2) is 7.52. The molecule has 1 amide bonds. The lowest BCUT2D eigenvalue weighted by atomic mass is 10.1. The molecule has 0 spiro atoms. The van der Waals surface area contributed by atoms with Gasteiger partial charge in [-0.15, -0.1) is 0 Å². The molecule has 138 valence electrons. The van der Waals surface area contributed by atoms with E-state index < -0.39 is 0 Å². The van der Waals surface area contributed by atoms with Crippen molar-refractivity contribution in [2.24, 2.45) is 0 Å². The van der Waals surface area contributed by atoms with E-state index in [4.69, 9.17) is 4.74 Å². The normalized spacial score (nSPS) is 16.5. The van der Waals surface area contributed by atoms with Crippen LogP contribution in [0.3, 0.4) is 0 Å². The molecule has 0 bridgehead atoms. The number of halogens is 2. The fraction of sp³-hybridized carbons (Fsp3) is 0.200. The lowest BCUT2D eigenvalue weighted by molar-refractivity contribution is 0.0766. The van der Waals surface area contributed by atoms with Crippen molar-refractivity contribution in [3.05, 3.63) is 70.8 Å². The third kappa shape index (κ3) is 4.03. The quantitative estimate of drug-likeness (QED) is 0.673. The number of aromatic nitrogens is 2. The van der Waals surface area contributed by atoms with Crippen LogP contribution in [0.25, 0.3) is 11.1 Å². The van der Waals surface area contributed by atoms with Crippen LogP contribution in [0.4, 0.5) is 4.39 Å². The van der Waals surface area contributed by atoms with Crippen LogP contribution >= 0.6 is 15.9 Å². The lowest BCUT2D eigenvalue weighted by Gasteiger charge is -2.16. The Hall–Kier alpha value is -2.67. The summed E-state index contributed by atoms with van der Waals surface area (Å²) in [7, 11) is 0. The Bertz CT molecular complexity index is 941. The van der Waals surface area contributed by atoms with Crippen LogP contribution in [-0.4, -0.2) is 40.0 Å². The number of amides is 1. The van der Waals surface area contributed by atoms with E-state index in [-0.39, 0.29) is 17.8 Å². The van der Waals surface area contributed by atoms with Gasteiger partial charge < -0.3 is 14.6 Å². The van der Waals surface area contributed by atoms with Gasteiger partial charge in [0, 0.05) is 35.9 Å². The minimum absolute atomic E-state index is 0.0711. The number of aromatic amines is 1. The van der Waals surface area contributed by atoms with E-state index in [2.05, 4.69) is 25.9 Å². The molecule has 1 aliphatic rings. The number of ether oxygens (including phenoxy) is 1. The second-order valence-electron chi connectivity index (χ2n) is 6.40. The summed E-state index contributed by atoms with van der Waals surface area (Å²) < 4.78 is 19.8. The Labute approximate surface area is 164 Å². The number of likely N-dealkylation sites (tertiary alicyclic amines) is 1. The first-order chi connectivity index (χ1) is 13.1. The summed E-state index contributed by atoms with van der Waals surface area (Å²) >= 11 is 3.34. The predicted octanol–water partition coefficient (Wildman–Crippen LogP) is 4.27. The lowest BCUT2D eigenvalue weighted by Crippen LogP contribution is -2.31. The third-order valence-electron chi connectivity index (χ3n) is 4.51. The van der Waals surface area contributed by atoms with E-state index in [0.717, 1.165) is 22.0 Å². The van der Waals surface area contributed by atoms with Crippen LogP contribution in [0.2, 0.25) is 0 Å². The average molecular weight is 430 g/mol. The molecule has 0 saturated carbocycles. The molecule has 7 heteroatoms. The molecule has 1 N–H and O–H groups in total. The van der Waals surface area contributed by atoms with Crippen molar-refractivity contribution < 1.29 is 13.9 Å². The maximum Gasteiger partial charge on any atom is 0.270 e. The number of H-pyrrole nitrogens is 1.